The molecular weight excluding hydrogens is 501 g/mol. The Kier molecular flexibility index (Phi) is 7.58. The lowest BCUT2D eigenvalue weighted by atomic mass is 9.96. The summed E-state index contributed by atoms with van der Waals surface area (Å²) in [6.07, 6.45) is -0.248. The number of amidine groups is 1. The Morgan fingerprint density at radius 3 is 2.41 bits per heavy atom. The fraction of sp³-hybridized carbons (Fsp3) is 0.240. The maximum atomic E-state index is 13.8. The van der Waals surface area contributed by atoms with Crippen molar-refractivity contribution in [3.63, 3.8) is 0 Å². The fourth-order valence-electron chi connectivity index (χ4n) is 3.76. The minimum atomic E-state index is -1.07. The zero-order chi connectivity index (χ0) is 26.7. The molecule has 10 nitrogen and oxygen atoms in total. The molecule has 2 amide bonds. The van der Waals surface area contributed by atoms with E-state index in [2.05, 4.69) is 25.6 Å². The first-order valence-corrected chi connectivity index (χ1v) is 12.3. The van der Waals surface area contributed by atoms with Crippen LogP contribution in [0, 0.1) is 5.82 Å². The van der Waals surface area contributed by atoms with Gasteiger partial charge in [-0.05, 0) is 29.2 Å². The molecule has 1 fully saturated rings. The third-order valence-electron chi connectivity index (χ3n) is 5.69. The van der Waals surface area contributed by atoms with E-state index in [0.29, 0.717) is 5.56 Å². The summed E-state index contributed by atoms with van der Waals surface area (Å²) in [5, 5.41) is 14.7. The molecule has 1 aliphatic heterocycles. The highest BCUT2D eigenvalue weighted by molar-refractivity contribution is 8.15. The Hall–Kier alpha value is -4.19. The van der Waals surface area contributed by atoms with E-state index in [1.54, 1.807) is 18.2 Å². The first-order chi connectivity index (χ1) is 17.6. The number of aromatic nitrogens is 2. The lowest BCUT2D eigenvalue weighted by Crippen LogP contribution is -2.29. The van der Waals surface area contributed by atoms with Gasteiger partial charge in [0.25, 0.3) is 5.56 Å². The molecule has 2 atom stereocenters. The molecular formula is C25H24FN5O5S. The summed E-state index contributed by atoms with van der Waals surface area (Å²) in [5.41, 5.74) is -0.349. The number of aliphatic imine (C=N–C) groups is 1. The van der Waals surface area contributed by atoms with Gasteiger partial charge in [0.2, 0.25) is 17.7 Å². The minimum Gasteiger partial charge on any atom is -0.494 e. The maximum absolute atomic E-state index is 13.8. The largest absolute Gasteiger partial charge is 0.494 e. The number of halogens is 1. The summed E-state index contributed by atoms with van der Waals surface area (Å²) >= 11 is 0.971. The van der Waals surface area contributed by atoms with Gasteiger partial charge in [-0.2, -0.15) is 0 Å². The average molecular weight is 526 g/mol. The van der Waals surface area contributed by atoms with Crippen LogP contribution in [0.25, 0.3) is 0 Å². The highest BCUT2D eigenvalue weighted by Crippen LogP contribution is 2.32. The van der Waals surface area contributed by atoms with Gasteiger partial charge in [-0.3, -0.25) is 24.4 Å². The Labute approximate surface area is 214 Å². The van der Waals surface area contributed by atoms with Gasteiger partial charge < -0.3 is 15.7 Å². The van der Waals surface area contributed by atoms with Gasteiger partial charge in [0.05, 0.1) is 5.69 Å². The van der Waals surface area contributed by atoms with Crippen molar-refractivity contribution in [3.8, 4) is 5.88 Å². The molecule has 0 bridgehead atoms. The molecule has 2 aromatic carbocycles. The van der Waals surface area contributed by atoms with Crippen molar-refractivity contribution < 1.29 is 19.1 Å². The highest BCUT2D eigenvalue weighted by Gasteiger charge is 2.34. The standard InChI is InChI=1S/C25H24FN5O5S/c1-12(2)13-7-9-14(10-8-13)20(19-22(34)29-24(36)30-23(19)35)28-25-31-21(33)17(37-25)11-18(32)27-16-6-4-3-5-15(16)26/h3-10,12,17,20H,11H2,1-2H3,(H,27,32)(H,28,31,33)(H3,29,30,34,35,36). The second kappa shape index (κ2) is 10.8. The molecule has 1 aromatic heterocycles. The van der Waals surface area contributed by atoms with Crippen molar-refractivity contribution in [2.24, 2.45) is 4.99 Å². The number of aromatic amines is 2. The molecule has 2 heterocycles. The van der Waals surface area contributed by atoms with Crippen LogP contribution in [0.3, 0.4) is 0 Å². The number of benzene rings is 2. The van der Waals surface area contributed by atoms with Crippen LogP contribution in [0.1, 0.15) is 48.9 Å². The molecule has 3 aromatic rings. The monoisotopic (exact) mass is 525 g/mol. The number of H-pyrrole nitrogens is 2. The number of aromatic hydroxyl groups is 1. The zero-order valence-electron chi connectivity index (χ0n) is 19.9. The van der Waals surface area contributed by atoms with Crippen molar-refractivity contribution in [2.45, 2.75) is 37.5 Å². The summed E-state index contributed by atoms with van der Waals surface area (Å²) in [6.45, 7) is 4.05. The second-order valence-corrected chi connectivity index (χ2v) is 9.85. The van der Waals surface area contributed by atoms with E-state index < -0.39 is 46.1 Å². The SMILES string of the molecule is CC(C)c1ccc(C(N=C2NC(=O)C(CC(=O)Nc3ccccc3F)S2)c2c(O)[nH]c(=O)[nH]c2=O)cc1. The van der Waals surface area contributed by atoms with Crippen molar-refractivity contribution in [1.82, 2.24) is 15.3 Å². The van der Waals surface area contributed by atoms with E-state index in [0.717, 1.165) is 17.3 Å². The molecule has 37 heavy (non-hydrogen) atoms. The second-order valence-electron chi connectivity index (χ2n) is 8.66. The van der Waals surface area contributed by atoms with Crippen LogP contribution in [0.2, 0.25) is 0 Å². The first-order valence-electron chi connectivity index (χ1n) is 11.4. The van der Waals surface area contributed by atoms with E-state index in [1.807, 2.05) is 26.0 Å². The third kappa shape index (κ3) is 5.97. The predicted octanol–water partition coefficient (Wildman–Crippen LogP) is 2.74. The van der Waals surface area contributed by atoms with Crippen LogP contribution in [-0.2, 0) is 9.59 Å². The molecule has 5 N–H and O–H groups in total. The van der Waals surface area contributed by atoms with E-state index >= 15 is 0 Å². The van der Waals surface area contributed by atoms with Gasteiger partial charge in [0.15, 0.2) is 5.17 Å². The smallest absolute Gasteiger partial charge is 0.328 e. The summed E-state index contributed by atoms with van der Waals surface area (Å²) in [7, 11) is 0. The normalized spacial score (nSPS) is 17.1. The number of hydrogen-bond acceptors (Lipinski definition) is 7. The minimum absolute atomic E-state index is 0.00229. The zero-order valence-corrected chi connectivity index (χ0v) is 20.7. The molecule has 1 saturated heterocycles. The van der Waals surface area contributed by atoms with Gasteiger partial charge in [0.1, 0.15) is 22.7 Å². The van der Waals surface area contributed by atoms with Crippen LogP contribution in [0.5, 0.6) is 5.88 Å². The van der Waals surface area contributed by atoms with Gasteiger partial charge >= 0.3 is 5.69 Å². The number of nitrogens with zero attached hydrogens (tertiary/aromatic N) is 1. The molecule has 4 rings (SSSR count). The van der Waals surface area contributed by atoms with Gasteiger partial charge in [0, 0.05) is 6.42 Å². The molecule has 192 valence electrons. The van der Waals surface area contributed by atoms with Crippen LogP contribution < -0.4 is 21.9 Å². The molecule has 1 aliphatic rings. The lowest BCUT2D eigenvalue weighted by Gasteiger charge is -2.15. The Morgan fingerprint density at radius 2 is 1.76 bits per heavy atom. The van der Waals surface area contributed by atoms with Gasteiger partial charge in [-0.15, -0.1) is 0 Å². The number of hydrogen-bond donors (Lipinski definition) is 5. The summed E-state index contributed by atoms with van der Waals surface area (Å²) in [4.78, 5) is 57.9. The van der Waals surface area contributed by atoms with Gasteiger partial charge in [-0.25, -0.2) is 14.2 Å². The summed E-state index contributed by atoms with van der Waals surface area (Å²) < 4.78 is 13.8. The van der Waals surface area contributed by atoms with E-state index in [9.17, 15) is 28.7 Å². The lowest BCUT2D eigenvalue weighted by molar-refractivity contribution is -0.122. The van der Waals surface area contributed by atoms with Crippen molar-refractivity contribution >= 4 is 34.4 Å². The molecule has 2 unspecified atom stereocenters. The first kappa shape index (κ1) is 25.9. The average Bonchev–Trinajstić information content (AvgIpc) is 3.17. The van der Waals surface area contributed by atoms with Crippen molar-refractivity contribution in [1.29, 1.82) is 0 Å². The number of para-hydroxylation sites is 1. The molecule has 0 aliphatic carbocycles. The fourth-order valence-corrected chi connectivity index (χ4v) is 4.75. The van der Waals surface area contributed by atoms with Crippen molar-refractivity contribution in [2.75, 3.05) is 5.32 Å². The molecule has 0 spiro atoms. The van der Waals surface area contributed by atoms with Crippen LogP contribution in [0.4, 0.5) is 10.1 Å². The number of carbonyl (C=O) groups is 2. The van der Waals surface area contributed by atoms with Crippen LogP contribution >= 0.6 is 11.8 Å². The predicted molar refractivity (Wildman–Crippen MR) is 138 cm³/mol. The molecule has 0 saturated carbocycles. The van der Waals surface area contributed by atoms with E-state index in [-0.39, 0.29) is 28.8 Å². The molecule has 12 heteroatoms. The number of anilines is 1. The highest BCUT2D eigenvalue weighted by atomic mass is 32.2. The summed E-state index contributed by atoms with van der Waals surface area (Å²) in [5.74, 6) is -2.04. The number of nitrogens with one attached hydrogen (secondary N) is 4. The number of amides is 2. The Bertz CT molecular complexity index is 1480. The third-order valence-corrected chi connectivity index (χ3v) is 6.79. The topological polar surface area (TPSA) is 157 Å². The number of carbonyl (C=O) groups excluding carboxylic acids is 2. The summed E-state index contributed by atoms with van der Waals surface area (Å²) in [6, 6.07) is 11.8. The van der Waals surface area contributed by atoms with Crippen LogP contribution in [0.15, 0.2) is 63.1 Å². The van der Waals surface area contributed by atoms with E-state index in [1.165, 1.54) is 18.2 Å². The van der Waals surface area contributed by atoms with Crippen LogP contribution in [-0.4, -0.2) is 37.3 Å². The molecule has 0 radical (unpaired) electrons. The number of thioether (sulfide) groups is 1. The number of rotatable bonds is 7. The van der Waals surface area contributed by atoms with Crippen molar-refractivity contribution in [3.05, 3.63) is 91.9 Å². The maximum Gasteiger partial charge on any atom is 0.328 e. The van der Waals surface area contributed by atoms with E-state index in [4.69, 9.17) is 0 Å². The Morgan fingerprint density at radius 1 is 1.08 bits per heavy atom. The quantitative estimate of drug-likeness (QED) is 0.319. The van der Waals surface area contributed by atoms with Gasteiger partial charge in [-0.1, -0.05) is 62.0 Å². The Balaban J connectivity index is 1.61.